The highest BCUT2D eigenvalue weighted by Crippen LogP contribution is 2.13. The molecule has 0 heterocycles. The molecule has 6 heteroatoms. The minimum Gasteiger partial charge on any atom is -0.494 e. The number of ether oxygens (including phenoxy) is 1. The van der Waals surface area contributed by atoms with Crippen LogP contribution in [0.2, 0.25) is 0 Å². The summed E-state index contributed by atoms with van der Waals surface area (Å²) in [6.07, 6.45) is 0. The van der Waals surface area contributed by atoms with Crippen LogP contribution in [-0.2, 0) is 9.63 Å². The van der Waals surface area contributed by atoms with Gasteiger partial charge in [-0.15, -0.1) is 0 Å². The fraction of sp³-hybridized carbons (Fsp3) is 0.500. The molecular weight excluding hydrogens is 284 g/mol. The van der Waals surface area contributed by atoms with Crippen LogP contribution in [0.5, 0.6) is 5.75 Å². The fourth-order valence-electron chi connectivity index (χ4n) is 1.89. The van der Waals surface area contributed by atoms with Crippen LogP contribution in [0.3, 0.4) is 0 Å². The van der Waals surface area contributed by atoms with Gasteiger partial charge in [-0.05, 0) is 37.1 Å². The number of carbonyl (C=O) groups is 2. The van der Waals surface area contributed by atoms with Crippen LogP contribution >= 0.6 is 0 Å². The van der Waals surface area contributed by atoms with Gasteiger partial charge in [-0.25, -0.2) is 5.06 Å². The summed E-state index contributed by atoms with van der Waals surface area (Å²) < 4.78 is 5.34. The maximum absolute atomic E-state index is 12.3. The standard InChI is InChI=1S/C16H24N2O4/c1-6-22-13-9-7-12(8-10-13)15(19)17-14(11(2)3)16(20)18(4)21-5/h7-11,14H,6H2,1-5H3,(H,17,19). The Labute approximate surface area is 131 Å². The SMILES string of the molecule is CCOc1ccc(C(=O)NC(C(=O)N(C)OC)C(C)C)cc1. The van der Waals surface area contributed by atoms with Crippen molar-refractivity contribution in [1.82, 2.24) is 10.4 Å². The summed E-state index contributed by atoms with van der Waals surface area (Å²) in [4.78, 5) is 29.4. The van der Waals surface area contributed by atoms with E-state index in [9.17, 15) is 9.59 Å². The van der Waals surface area contributed by atoms with Crippen molar-refractivity contribution in [1.29, 1.82) is 0 Å². The van der Waals surface area contributed by atoms with E-state index in [1.165, 1.54) is 14.2 Å². The highest BCUT2D eigenvalue weighted by atomic mass is 16.7. The van der Waals surface area contributed by atoms with Crippen LogP contribution in [0.4, 0.5) is 0 Å². The molecular formula is C16H24N2O4. The van der Waals surface area contributed by atoms with Gasteiger partial charge in [0.15, 0.2) is 0 Å². The van der Waals surface area contributed by atoms with E-state index in [1.807, 2.05) is 20.8 Å². The molecule has 1 aromatic rings. The third kappa shape index (κ3) is 4.73. The Bertz CT molecular complexity index is 499. The lowest BCUT2D eigenvalue weighted by atomic mass is 10.0. The predicted molar refractivity (Wildman–Crippen MR) is 83.5 cm³/mol. The van der Waals surface area contributed by atoms with Crippen LogP contribution in [0.15, 0.2) is 24.3 Å². The molecule has 0 saturated carbocycles. The summed E-state index contributed by atoms with van der Waals surface area (Å²) in [5, 5.41) is 3.86. The van der Waals surface area contributed by atoms with Crippen LogP contribution < -0.4 is 10.1 Å². The number of carbonyl (C=O) groups excluding carboxylic acids is 2. The van der Waals surface area contributed by atoms with Gasteiger partial charge in [0.25, 0.3) is 11.8 Å². The van der Waals surface area contributed by atoms with E-state index in [-0.39, 0.29) is 17.7 Å². The van der Waals surface area contributed by atoms with E-state index in [4.69, 9.17) is 9.57 Å². The van der Waals surface area contributed by atoms with Crippen LogP contribution in [0.1, 0.15) is 31.1 Å². The Morgan fingerprint density at radius 1 is 1.23 bits per heavy atom. The van der Waals surface area contributed by atoms with Gasteiger partial charge in [0.2, 0.25) is 0 Å². The maximum Gasteiger partial charge on any atom is 0.268 e. The Balaban J connectivity index is 2.80. The Kier molecular flexibility index (Phi) is 6.85. The molecule has 0 bridgehead atoms. The van der Waals surface area contributed by atoms with Gasteiger partial charge in [0.1, 0.15) is 11.8 Å². The van der Waals surface area contributed by atoms with Crippen molar-refractivity contribution in [3.05, 3.63) is 29.8 Å². The first-order valence-corrected chi connectivity index (χ1v) is 7.26. The molecule has 0 aliphatic carbocycles. The van der Waals surface area contributed by atoms with Crippen LogP contribution in [0, 0.1) is 5.92 Å². The van der Waals surface area contributed by atoms with Crippen LogP contribution in [0.25, 0.3) is 0 Å². The normalized spacial score (nSPS) is 11.9. The summed E-state index contributed by atoms with van der Waals surface area (Å²) >= 11 is 0. The zero-order chi connectivity index (χ0) is 16.7. The number of likely N-dealkylation sites (N-methyl/N-ethyl adjacent to an activating group) is 1. The van der Waals surface area contributed by atoms with Gasteiger partial charge in [0, 0.05) is 12.6 Å². The zero-order valence-electron chi connectivity index (χ0n) is 13.8. The highest BCUT2D eigenvalue weighted by Gasteiger charge is 2.27. The number of nitrogens with one attached hydrogen (secondary N) is 1. The first kappa shape index (κ1) is 18.0. The van der Waals surface area contributed by atoms with Crippen molar-refractivity contribution < 1.29 is 19.2 Å². The largest absolute Gasteiger partial charge is 0.494 e. The van der Waals surface area contributed by atoms with Gasteiger partial charge >= 0.3 is 0 Å². The molecule has 0 aliphatic rings. The molecule has 1 atom stereocenters. The van der Waals surface area contributed by atoms with Gasteiger partial charge in [-0.3, -0.25) is 14.4 Å². The molecule has 0 fully saturated rings. The summed E-state index contributed by atoms with van der Waals surface area (Å²) in [7, 11) is 2.92. The summed E-state index contributed by atoms with van der Waals surface area (Å²) in [5.74, 6) is 0.0442. The van der Waals surface area contributed by atoms with E-state index in [1.54, 1.807) is 24.3 Å². The molecule has 0 aromatic heterocycles. The van der Waals surface area contributed by atoms with E-state index in [0.717, 1.165) is 5.06 Å². The average Bonchev–Trinajstić information content (AvgIpc) is 2.51. The van der Waals surface area contributed by atoms with Crippen LogP contribution in [-0.4, -0.2) is 43.7 Å². The molecule has 0 saturated heterocycles. The third-order valence-corrected chi connectivity index (χ3v) is 3.23. The molecule has 1 aromatic carbocycles. The van der Waals surface area contributed by atoms with E-state index >= 15 is 0 Å². The molecule has 0 radical (unpaired) electrons. The molecule has 1 N–H and O–H groups in total. The average molecular weight is 308 g/mol. The second kappa shape index (κ2) is 8.38. The van der Waals surface area contributed by atoms with Gasteiger partial charge in [-0.2, -0.15) is 0 Å². The lowest BCUT2D eigenvalue weighted by Gasteiger charge is -2.25. The second-order valence-electron chi connectivity index (χ2n) is 5.17. The van der Waals surface area contributed by atoms with Crippen molar-refractivity contribution in [2.75, 3.05) is 20.8 Å². The van der Waals surface area contributed by atoms with E-state index in [0.29, 0.717) is 17.9 Å². The van der Waals surface area contributed by atoms with Gasteiger partial charge < -0.3 is 10.1 Å². The summed E-state index contributed by atoms with van der Waals surface area (Å²) in [6, 6.07) is 6.14. The Morgan fingerprint density at radius 2 is 1.82 bits per heavy atom. The van der Waals surface area contributed by atoms with Gasteiger partial charge in [0.05, 0.1) is 13.7 Å². The first-order chi connectivity index (χ1) is 10.4. The number of nitrogens with zero attached hydrogens (tertiary/aromatic N) is 1. The Hall–Kier alpha value is -2.08. The molecule has 122 valence electrons. The third-order valence-electron chi connectivity index (χ3n) is 3.23. The van der Waals surface area contributed by atoms with Crippen molar-refractivity contribution in [3.63, 3.8) is 0 Å². The minimum atomic E-state index is -0.649. The second-order valence-corrected chi connectivity index (χ2v) is 5.17. The van der Waals surface area contributed by atoms with E-state index < -0.39 is 6.04 Å². The molecule has 2 amide bonds. The number of amides is 2. The molecule has 1 unspecified atom stereocenters. The lowest BCUT2D eigenvalue weighted by molar-refractivity contribution is -0.171. The van der Waals surface area contributed by atoms with E-state index in [2.05, 4.69) is 5.32 Å². The quantitative estimate of drug-likeness (QED) is 0.781. The first-order valence-electron chi connectivity index (χ1n) is 7.26. The molecule has 22 heavy (non-hydrogen) atoms. The topological polar surface area (TPSA) is 67.9 Å². The molecule has 6 nitrogen and oxygen atoms in total. The highest BCUT2D eigenvalue weighted by molar-refractivity contribution is 5.97. The monoisotopic (exact) mass is 308 g/mol. The fourth-order valence-corrected chi connectivity index (χ4v) is 1.89. The molecule has 0 spiro atoms. The molecule has 1 rings (SSSR count). The Morgan fingerprint density at radius 3 is 2.27 bits per heavy atom. The molecule has 0 aliphatic heterocycles. The van der Waals surface area contributed by atoms with Crippen molar-refractivity contribution >= 4 is 11.8 Å². The smallest absolute Gasteiger partial charge is 0.268 e. The zero-order valence-corrected chi connectivity index (χ0v) is 13.8. The van der Waals surface area contributed by atoms with Crippen molar-refractivity contribution in [2.24, 2.45) is 5.92 Å². The maximum atomic E-state index is 12.3. The lowest BCUT2D eigenvalue weighted by Crippen LogP contribution is -2.49. The van der Waals surface area contributed by atoms with Crippen molar-refractivity contribution in [3.8, 4) is 5.75 Å². The number of hydroxylamine groups is 2. The van der Waals surface area contributed by atoms with Gasteiger partial charge in [-0.1, -0.05) is 13.8 Å². The van der Waals surface area contributed by atoms with Crippen molar-refractivity contribution in [2.45, 2.75) is 26.8 Å². The number of hydrogen-bond acceptors (Lipinski definition) is 4. The minimum absolute atomic E-state index is 0.0586. The summed E-state index contributed by atoms with van der Waals surface area (Å²) in [5.41, 5.74) is 0.474. The predicted octanol–water partition coefficient (Wildman–Crippen LogP) is 1.86. The summed E-state index contributed by atoms with van der Waals surface area (Å²) in [6.45, 7) is 6.19. The number of benzene rings is 1. The number of hydrogen-bond donors (Lipinski definition) is 1. The number of rotatable bonds is 7.